The molecule has 0 rings (SSSR count). The van der Waals surface area contributed by atoms with E-state index in [0.717, 1.165) is 32.8 Å². The number of hydrogen-bond donors (Lipinski definition) is 1. The van der Waals surface area contributed by atoms with Crippen LogP contribution >= 0.6 is 0 Å². The van der Waals surface area contributed by atoms with E-state index in [1.807, 2.05) is 6.92 Å². The zero-order chi connectivity index (χ0) is 12.4. The Balaban J connectivity index is 4.11. The fraction of sp³-hybridized carbons (Fsp3) is 0.917. The fourth-order valence-corrected chi connectivity index (χ4v) is 1.65. The Bertz CT molecular complexity index is 201. The van der Waals surface area contributed by atoms with E-state index in [2.05, 4.69) is 30.1 Å². The Labute approximate surface area is 99.6 Å². The van der Waals surface area contributed by atoms with Crippen LogP contribution in [-0.4, -0.2) is 50.8 Å². The molecule has 0 saturated heterocycles. The monoisotopic (exact) mass is 227 g/mol. The van der Waals surface area contributed by atoms with E-state index < -0.39 is 0 Å². The third-order valence-electron chi connectivity index (χ3n) is 2.28. The van der Waals surface area contributed by atoms with Gasteiger partial charge in [0.1, 0.15) is 6.04 Å². The molecule has 0 spiro atoms. The molecule has 1 N–H and O–H groups in total. The number of nitrogens with zero attached hydrogens (tertiary/aromatic N) is 2. The van der Waals surface area contributed by atoms with Gasteiger partial charge >= 0.3 is 0 Å². The summed E-state index contributed by atoms with van der Waals surface area (Å²) in [6.45, 7) is 10.6. The van der Waals surface area contributed by atoms with Crippen LogP contribution in [0.1, 0.15) is 20.8 Å². The number of likely N-dealkylation sites (N-methyl/N-ethyl adjacent to an activating group) is 1. The minimum absolute atomic E-state index is 0.0828. The Morgan fingerprint density at radius 2 is 2.06 bits per heavy atom. The van der Waals surface area contributed by atoms with Crippen LogP contribution in [0.5, 0.6) is 0 Å². The molecule has 4 heteroatoms. The van der Waals surface area contributed by atoms with Gasteiger partial charge in [-0.3, -0.25) is 4.90 Å². The van der Waals surface area contributed by atoms with Gasteiger partial charge in [0.05, 0.1) is 12.7 Å². The van der Waals surface area contributed by atoms with E-state index >= 15 is 0 Å². The molecule has 0 aliphatic heterocycles. The lowest BCUT2D eigenvalue weighted by Crippen LogP contribution is -2.42. The lowest BCUT2D eigenvalue weighted by molar-refractivity contribution is 0.136. The highest BCUT2D eigenvalue weighted by Crippen LogP contribution is 2.00. The molecule has 0 aromatic carbocycles. The molecule has 0 aliphatic rings. The van der Waals surface area contributed by atoms with Gasteiger partial charge in [-0.05, 0) is 12.5 Å². The quantitative estimate of drug-likeness (QED) is 0.640. The first-order valence-electron chi connectivity index (χ1n) is 5.98. The number of ether oxygens (including phenoxy) is 1. The number of rotatable bonds is 9. The second-order valence-corrected chi connectivity index (χ2v) is 4.39. The van der Waals surface area contributed by atoms with E-state index in [1.54, 1.807) is 7.11 Å². The van der Waals surface area contributed by atoms with Crippen molar-refractivity contribution in [2.45, 2.75) is 26.8 Å². The molecule has 1 unspecified atom stereocenters. The lowest BCUT2D eigenvalue weighted by Gasteiger charge is -2.26. The van der Waals surface area contributed by atoms with Crippen LogP contribution in [0.25, 0.3) is 0 Å². The molecule has 0 aliphatic carbocycles. The summed E-state index contributed by atoms with van der Waals surface area (Å²) in [4.78, 5) is 2.28. The topological polar surface area (TPSA) is 48.3 Å². The van der Waals surface area contributed by atoms with Gasteiger partial charge in [-0.2, -0.15) is 5.26 Å². The summed E-state index contributed by atoms with van der Waals surface area (Å²) in [5, 5.41) is 12.2. The second kappa shape index (κ2) is 9.59. The summed E-state index contributed by atoms with van der Waals surface area (Å²) >= 11 is 0. The van der Waals surface area contributed by atoms with Crippen LogP contribution in [0, 0.1) is 17.2 Å². The fourth-order valence-electron chi connectivity index (χ4n) is 1.65. The predicted molar refractivity (Wildman–Crippen MR) is 66.2 cm³/mol. The van der Waals surface area contributed by atoms with Crippen molar-refractivity contribution in [3.63, 3.8) is 0 Å². The molecule has 0 aromatic rings. The number of methoxy groups -OCH3 is 1. The van der Waals surface area contributed by atoms with Crippen molar-refractivity contribution in [2.75, 3.05) is 39.9 Å². The van der Waals surface area contributed by atoms with Crippen LogP contribution in [0.2, 0.25) is 0 Å². The number of nitriles is 1. The van der Waals surface area contributed by atoms with Crippen molar-refractivity contribution in [2.24, 2.45) is 5.92 Å². The third-order valence-corrected chi connectivity index (χ3v) is 2.28. The summed E-state index contributed by atoms with van der Waals surface area (Å²) in [6, 6.07) is 2.21. The van der Waals surface area contributed by atoms with Gasteiger partial charge in [0.2, 0.25) is 0 Å². The molecular formula is C12H25N3O. The van der Waals surface area contributed by atoms with Crippen molar-refractivity contribution < 1.29 is 4.74 Å². The molecule has 0 fully saturated rings. The van der Waals surface area contributed by atoms with Crippen LogP contribution < -0.4 is 5.32 Å². The molecule has 4 nitrogen and oxygen atoms in total. The van der Waals surface area contributed by atoms with Gasteiger partial charge in [-0.25, -0.2) is 0 Å². The predicted octanol–water partition coefficient (Wildman–Crippen LogP) is 1.09. The molecule has 94 valence electrons. The minimum Gasteiger partial charge on any atom is -0.383 e. The normalized spacial score (nSPS) is 13.1. The van der Waals surface area contributed by atoms with Crippen molar-refractivity contribution >= 4 is 0 Å². The van der Waals surface area contributed by atoms with Gasteiger partial charge < -0.3 is 10.1 Å². The van der Waals surface area contributed by atoms with Crippen molar-refractivity contribution in [1.29, 1.82) is 5.26 Å². The number of hydrogen-bond acceptors (Lipinski definition) is 4. The lowest BCUT2D eigenvalue weighted by atomic mass is 10.2. The van der Waals surface area contributed by atoms with Gasteiger partial charge in [0.25, 0.3) is 0 Å². The van der Waals surface area contributed by atoms with E-state index in [0.29, 0.717) is 5.92 Å². The molecule has 16 heavy (non-hydrogen) atoms. The molecule has 0 bridgehead atoms. The highest BCUT2D eigenvalue weighted by atomic mass is 16.5. The van der Waals surface area contributed by atoms with Crippen LogP contribution in [-0.2, 0) is 4.74 Å². The summed E-state index contributed by atoms with van der Waals surface area (Å²) in [5.41, 5.74) is 0. The van der Waals surface area contributed by atoms with Gasteiger partial charge in [0, 0.05) is 26.7 Å². The van der Waals surface area contributed by atoms with E-state index in [9.17, 15) is 0 Å². The average molecular weight is 227 g/mol. The first kappa shape index (κ1) is 15.4. The SMILES string of the molecule is CCNC(C#N)CN(CCOC)CC(C)C. The van der Waals surface area contributed by atoms with E-state index in [4.69, 9.17) is 10.00 Å². The molecule has 0 heterocycles. The first-order valence-corrected chi connectivity index (χ1v) is 5.98. The van der Waals surface area contributed by atoms with Gasteiger partial charge in [-0.1, -0.05) is 20.8 Å². The molecule has 0 aromatic heterocycles. The maximum Gasteiger partial charge on any atom is 0.108 e. The summed E-state index contributed by atoms with van der Waals surface area (Å²) in [5.74, 6) is 0.609. The van der Waals surface area contributed by atoms with Crippen molar-refractivity contribution in [3.8, 4) is 6.07 Å². The second-order valence-electron chi connectivity index (χ2n) is 4.39. The molecular weight excluding hydrogens is 202 g/mol. The van der Waals surface area contributed by atoms with E-state index in [-0.39, 0.29) is 6.04 Å². The summed E-state index contributed by atoms with van der Waals surface area (Å²) < 4.78 is 5.08. The van der Waals surface area contributed by atoms with Crippen LogP contribution in [0.4, 0.5) is 0 Å². The number of nitrogens with one attached hydrogen (secondary N) is 1. The average Bonchev–Trinajstić information content (AvgIpc) is 2.24. The Morgan fingerprint density at radius 1 is 1.38 bits per heavy atom. The maximum absolute atomic E-state index is 9.00. The third kappa shape index (κ3) is 7.63. The summed E-state index contributed by atoms with van der Waals surface area (Å²) in [6.07, 6.45) is 0. The van der Waals surface area contributed by atoms with Crippen LogP contribution in [0.3, 0.4) is 0 Å². The Morgan fingerprint density at radius 3 is 2.50 bits per heavy atom. The highest BCUT2D eigenvalue weighted by molar-refractivity contribution is 4.91. The molecule has 0 amide bonds. The maximum atomic E-state index is 9.00. The Hall–Kier alpha value is -0.630. The van der Waals surface area contributed by atoms with Gasteiger partial charge in [0.15, 0.2) is 0 Å². The zero-order valence-electron chi connectivity index (χ0n) is 11.0. The molecule has 1 atom stereocenters. The standard InChI is InChI=1S/C12H25N3O/c1-5-14-12(8-13)10-15(6-7-16-4)9-11(2)3/h11-12,14H,5-7,9-10H2,1-4H3. The largest absolute Gasteiger partial charge is 0.383 e. The smallest absolute Gasteiger partial charge is 0.108 e. The van der Waals surface area contributed by atoms with E-state index in [1.165, 1.54) is 0 Å². The zero-order valence-corrected chi connectivity index (χ0v) is 11.0. The van der Waals surface area contributed by atoms with Crippen molar-refractivity contribution in [3.05, 3.63) is 0 Å². The first-order chi connectivity index (χ1) is 7.63. The molecule has 0 saturated carbocycles. The minimum atomic E-state index is -0.0828. The van der Waals surface area contributed by atoms with Gasteiger partial charge in [-0.15, -0.1) is 0 Å². The Kier molecular flexibility index (Phi) is 9.21. The van der Waals surface area contributed by atoms with Crippen molar-refractivity contribution in [1.82, 2.24) is 10.2 Å². The molecule has 0 radical (unpaired) electrons. The highest BCUT2D eigenvalue weighted by Gasteiger charge is 2.13. The summed E-state index contributed by atoms with van der Waals surface area (Å²) in [7, 11) is 1.71. The van der Waals surface area contributed by atoms with Crippen LogP contribution in [0.15, 0.2) is 0 Å².